The summed E-state index contributed by atoms with van der Waals surface area (Å²) in [4.78, 5) is 2.46. The predicted molar refractivity (Wildman–Crippen MR) is 85.3 cm³/mol. The van der Waals surface area contributed by atoms with Crippen molar-refractivity contribution < 1.29 is 4.39 Å². The third-order valence-electron chi connectivity index (χ3n) is 3.85. The first kappa shape index (κ1) is 15.9. The Kier molecular flexibility index (Phi) is 6.46. The second kappa shape index (κ2) is 8.11. The Morgan fingerprint density at radius 1 is 1.45 bits per heavy atom. The maximum absolute atomic E-state index is 13.6. The lowest BCUT2D eigenvalue weighted by atomic mass is 9.98. The minimum absolute atomic E-state index is 0.168. The van der Waals surface area contributed by atoms with Crippen LogP contribution in [0.2, 0.25) is 0 Å². The van der Waals surface area contributed by atoms with Crippen molar-refractivity contribution in [3.63, 3.8) is 0 Å². The second-order valence-electron chi connectivity index (χ2n) is 5.70. The number of rotatable bonds is 6. The lowest BCUT2D eigenvalue weighted by Crippen LogP contribution is -2.38. The van der Waals surface area contributed by atoms with Crippen LogP contribution in [0.3, 0.4) is 0 Å². The van der Waals surface area contributed by atoms with Crippen molar-refractivity contribution in [3.05, 3.63) is 34.1 Å². The summed E-state index contributed by atoms with van der Waals surface area (Å²) in [5.41, 5.74) is 1.06. The molecule has 20 heavy (non-hydrogen) atoms. The number of piperidine rings is 1. The molecule has 4 heteroatoms. The van der Waals surface area contributed by atoms with Gasteiger partial charge in [0.1, 0.15) is 5.82 Å². The smallest absolute Gasteiger partial charge is 0.137 e. The van der Waals surface area contributed by atoms with Crippen LogP contribution in [0.4, 0.5) is 4.39 Å². The van der Waals surface area contributed by atoms with Gasteiger partial charge in [0.25, 0.3) is 0 Å². The summed E-state index contributed by atoms with van der Waals surface area (Å²) >= 11 is 3.21. The molecule has 1 aromatic rings. The standard InChI is InChI=1S/C16H24BrFN2/c1-2-8-20(12-14-4-3-7-19-10-14)11-13-5-6-15(17)16(18)9-13/h5-6,9,14,19H,2-4,7-8,10-12H2,1H3. The van der Waals surface area contributed by atoms with Crippen molar-refractivity contribution in [3.8, 4) is 0 Å². The van der Waals surface area contributed by atoms with Gasteiger partial charge in [0.2, 0.25) is 0 Å². The zero-order valence-corrected chi connectivity index (χ0v) is 13.8. The van der Waals surface area contributed by atoms with Crippen molar-refractivity contribution >= 4 is 15.9 Å². The topological polar surface area (TPSA) is 15.3 Å². The first-order chi connectivity index (χ1) is 9.69. The number of hydrogen-bond acceptors (Lipinski definition) is 2. The van der Waals surface area contributed by atoms with Gasteiger partial charge >= 0.3 is 0 Å². The number of benzene rings is 1. The van der Waals surface area contributed by atoms with E-state index in [9.17, 15) is 4.39 Å². The van der Waals surface area contributed by atoms with Gasteiger partial charge in [-0.3, -0.25) is 4.90 Å². The third-order valence-corrected chi connectivity index (χ3v) is 4.49. The van der Waals surface area contributed by atoms with Crippen LogP contribution in [-0.2, 0) is 6.54 Å². The molecule has 0 saturated carbocycles. The molecule has 1 heterocycles. The van der Waals surface area contributed by atoms with Crippen molar-refractivity contribution in [2.24, 2.45) is 5.92 Å². The number of halogens is 2. The molecule has 1 aromatic carbocycles. The highest BCUT2D eigenvalue weighted by molar-refractivity contribution is 9.10. The highest BCUT2D eigenvalue weighted by Crippen LogP contribution is 2.19. The monoisotopic (exact) mass is 342 g/mol. The molecule has 2 rings (SSSR count). The highest BCUT2D eigenvalue weighted by Gasteiger charge is 2.17. The van der Waals surface area contributed by atoms with Crippen LogP contribution in [0.15, 0.2) is 22.7 Å². The van der Waals surface area contributed by atoms with Crippen molar-refractivity contribution in [1.82, 2.24) is 10.2 Å². The van der Waals surface area contributed by atoms with Gasteiger partial charge in [0.05, 0.1) is 4.47 Å². The van der Waals surface area contributed by atoms with Crippen LogP contribution in [-0.4, -0.2) is 31.1 Å². The second-order valence-corrected chi connectivity index (χ2v) is 6.55. The molecule has 0 radical (unpaired) electrons. The summed E-state index contributed by atoms with van der Waals surface area (Å²) in [5, 5.41) is 3.47. The molecule has 1 aliphatic heterocycles. The molecule has 1 atom stereocenters. The van der Waals surface area contributed by atoms with Gasteiger partial charge in [0, 0.05) is 13.1 Å². The molecule has 0 bridgehead atoms. The Labute approximate surface area is 129 Å². The van der Waals surface area contributed by atoms with E-state index in [-0.39, 0.29) is 5.82 Å². The van der Waals surface area contributed by atoms with E-state index >= 15 is 0 Å². The molecule has 0 aliphatic carbocycles. The maximum Gasteiger partial charge on any atom is 0.137 e. The lowest BCUT2D eigenvalue weighted by molar-refractivity contribution is 0.201. The van der Waals surface area contributed by atoms with E-state index in [1.54, 1.807) is 12.1 Å². The van der Waals surface area contributed by atoms with Crippen molar-refractivity contribution in [1.29, 1.82) is 0 Å². The summed E-state index contributed by atoms with van der Waals surface area (Å²) in [6.07, 6.45) is 3.72. The lowest BCUT2D eigenvalue weighted by Gasteiger charge is -2.30. The first-order valence-corrected chi connectivity index (χ1v) is 8.35. The van der Waals surface area contributed by atoms with Gasteiger partial charge in [0.15, 0.2) is 0 Å². The molecule has 1 saturated heterocycles. The van der Waals surface area contributed by atoms with Gasteiger partial charge in [-0.05, 0) is 78.4 Å². The van der Waals surface area contributed by atoms with Crippen molar-refractivity contribution in [2.45, 2.75) is 32.7 Å². The molecule has 2 nitrogen and oxygen atoms in total. The Hall–Kier alpha value is -0.450. The Bertz CT molecular complexity index is 419. The molecular weight excluding hydrogens is 319 g/mol. The Balaban J connectivity index is 1.94. The maximum atomic E-state index is 13.6. The molecular formula is C16H24BrFN2. The van der Waals surface area contributed by atoms with Crippen LogP contribution in [0, 0.1) is 11.7 Å². The number of nitrogens with zero attached hydrogens (tertiary/aromatic N) is 1. The zero-order chi connectivity index (χ0) is 14.4. The van der Waals surface area contributed by atoms with Gasteiger partial charge in [-0.1, -0.05) is 13.0 Å². The molecule has 1 fully saturated rings. The van der Waals surface area contributed by atoms with Gasteiger partial charge in [-0.25, -0.2) is 4.39 Å². The normalized spacial score (nSPS) is 19.5. The number of nitrogens with one attached hydrogen (secondary N) is 1. The third kappa shape index (κ3) is 4.83. The fourth-order valence-corrected chi connectivity index (χ4v) is 3.14. The van der Waals surface area contributed by atoms with Crippen LogP contribution in [0.5, 0.6) is 0 Å². The van der Waals surface area contributed by atoms with E-state index in [1.165, 1.54) is 12.8 Å². The molecule has 1 unspecified atom stereocenters. The van der Waals surface area contributed by atoms with E-state index in [1.807, 2.05) is 6.07 Å². The predicted octanol–water partition coefficient (Wildman–Crippen LogP) is 3.80. The Morgan fingerprint density at radius 2 is 2.30 bits per heavy atom. The Morgan fingerprint density at radius 3 is 2.95 bits per heavy atom. The molecule has 0 amide bonds. The highest BCUT2D eigenvalue weighted by atomic mass is 79.9. The molecule has 1 N–H and O–H groups in total. The summed E-state index contributed by atoms with van der Waals surface area (Å²) < 4.78 is 14.1. The quantitative estimate of drug-likeness (QED) is 0.845. The average Bonchev–Trinajstić information content (AvgIpc) is 2.44. The fraction of sp³-hybridized carbons (Fsp3) is 0.625. The summed E-state index contributed by atoms with van der Waals surface area (Å²) in [5.74, 6) is 0.564. The SMILES string of the molecule is CCCN(Cc1ccc(Br)c(F)c1)CC1CCCNC1. The van der Waals surface area contributed by atoms with Crippen LogP contribution >= 0.6 is 15.9 Å². The average molecular weight is 343 g/mol. The van der Waals surface area contributed by atoms with E-state index < -0.39 is 0 Å². The van der Waals surface area contributed by atoms with E-state index in [0.717, 1.165) is 50.6 Å². The fourth-order valence-electron chi connectivity index (χ4n) is 2.89. The minimum atomic E-state index is -0.168. The first-order valence-electron chi connectivity index (χ1n) is 7.56. The zero-order valence-electron chi connectivity index (χ0n) is 12.2. The van der Waals surface area contributed by atoms with Crippen LogP contribution in [0.25, 0.3) is 0 Å². The van der Waals surface area contributed by atoms with Gasteiger partial charge < -0.3 is 5.32 Å². The molecule has 1 aliphatic rings. The van der Waals surface area contributed by atoms with E-state index in [4.69, 9.17) is 0 Å². The van der Waals surface area contributed by atoms with Crippen LogP contribution < -0.4 is 5.32 Å². The van der Waals surface area contributed by atoms with Gasteiger partial charge in [-0.2, -0.15) is 0 Å². The molecule has 112 valence electrons. The summed E-state index contributed by atoms with van der Waals surface area (Å²) in [6, 6.07) is 5.46. The van der Waals surface area contributed by atoms with E-state index in [2.05, 4.69) is 33.1 Å². The van der Waals surface area contributed by atoms with Gasteiger partial charge in [-0.15, -0.1) is 0 Å². The minimum Gasteiger partial charge on any atom is -0.316 e. The molecule has 0 aromatic heterocycles. The molecule has 0 spiro atoms. The summed E-state index contributed by atoms with van der Waals surface area (Å²) in [7, 11) is 0. The van der Waals surface area contributed by atoms with Crippen molar-refractivity contribution in [2.75, 3.05) is 26.2 Å². The largest absolute Gasteiger partial charge is 0.316 e. The van der Waals surface area contributed by atoms with Crippen LogP contribution in [0.1, 0.15) is 31.7 Å². The number of hydrogen-bond donors (Lipinski definition) is 1. The van der Waals surface area contributed by atoms with E-state index in [0.29, 0.717) is 4.47 Å². The summed E-state index contributed by atoms with van der Waals surface area (Å²) in [6.45, 7) is 7.51.